The molecule has 23 heavy (non-hydrogen) atoms. The molecule has 6 heteroatoms. The topological polar surface area (TPSA) is 54.0 Å². The number of nitrogens with one attached hydrogen (secondary N) is 2. The summed E-state index contributed by atoms with van der Waals surface area (Å²) >= 11 is 3.37. The number of carbonyl (C=O) groups is 1. The number of rotatable bonds is 5. The van der Waals surface area contributed by atoms with Crippen molar-refractivity contribution in [3.63, 3.8) is 0 Å². The average Bonchev–Trinajstić information content (AvgIpc) is 3.05. The molecule has 0 bridgehead atoms. The third-order valence-corrected chi connectivity index (χ3v) is 5.71. The number of amides is 1. The molecule has 1 amide bonds. The van der Waals surface area contributed by atoms with Gasteiger partial charge in [0, 0.05) is 22.4 Å². The number of anilines is 1. The fraction of sp³-hybridized carbons (Fsp3) is 0.412. The summed E-state index contributed by atoms with van der Waals surface area (Å²) in [7, 11) is 0. The molecule has 0 atom stereocenters. The molecule has 0 spiro atoms. The zero-order chi connectivity index (χ0) is 16.1. The van der Waals surface area contributed by atoms with Crippen LogP contribution in [0.4, 0.5) is 5.13 Å². The Bertz CT molecular complexity index is 648. The molecule has 1 aliphatic rings. The van der Waals surface area contributed by atoms with Gasteiger partial charge in [0.15, 0.2) is 5.13 Å². The molecule has 0 unspecified atom stereocenters. The van der Waals surface area contributed by atoms with Crippen LogP contribution in [-0.4, -0.2) is 30.2 Å². The maximum absolute atomic E-state index is 12.3. The first-order valence-electron chi connectivity index (χ1n) is 7.82. The highest BCUT2D eigenvalue weighted by Crippen LogP contribution is 2.31. The molecule has 2 heterocycles. The highest BCUT2D eigenvalue weighted by atomic mass is 32.2. The first-order valence-corrected chi connectivity index (χ1v) is 10.0. The highest BCUT2D eigenvalue weighted by Gasteiger charge is 2.18. The van der Waals surface area contributed by atoms with Crippen molar-refractivity contribution >= 4 is 34.1 Å². The summed E-state index contributed by atoms with van der Waals surface area (Å²) < 4.78 is 0. The van der Waals surface area contributed by atoms with E-state index in [9.17, 15) is 4.79 Å². The lowest BCUT2D eigenvalue weighted by Crippen LogP contribution is -2.26. The number of hydrogen-bond acceptors (Lipinski definition) is 5. The summed E-state index contributed by atoms with van der Waals surface area (Å²) in [6, 6.07) is 7.77. The van der Waals surface area contributed by atoms with Crippen LogP contribution < -0.4 is 10.6 Å². The lowest BCUT2D eigenvalue weighted by atomic mass is 9.97. The van der Waals surface area contributed by atoms with Gasteiger partial charge in [-0.15, -0.1) is 11.3 Å². The summed E-state index contributed by atoms with van der Waals surface area (Å²) in [6.07, 6.45) is 6.28. The fourth-order valence-electron chi connectivity index (χ4n) is 2.73. The molecule has 1 aromatic carbocycles. The van der Waals surface area contributed by atoms with E-state index in [0.717, 1.165) is 31.7 Å². The van der Waals surface area contributed by atoms with E-state index in [1.807, 2.05) is 30.5 Å². The molecule has 4 nitrogen and oxygen atoms in total. The van der Waals surface area contributed by atoms with Crippen LogP contribution in [0.3, 0.4) is 0 Å². The Balaban J connectivity index is 1.62. The molecule has 0 aliphatic carbocycles. The Morgan fingerprint density at radius 1 is 1.35 bits per heavy atom. The summed E-state index contributed by atoms with van der Waals surface area (Å²) in [5, 5.41) is 6.98. The Morgan fingerprint density at radius 2 is 2.09 bits per heavy atom. The first-order chi connectivity index (χ1) is 11.3. The van der Waals surface area contributed by atoms with Crippen molar-refractivity contribution in [2.75, 3.05) is 24.7 Å². The van der Waals surface area contributed by atoms with Gasteiger partial charge in [0.05, 0.1) is 0 Å². The fourth-order valence-corrected chi connectivity index (χ4v) is 4.23. The number of aromatic nitrogens is 1. The van der Waals surface area contributed by atoms with Crippen molar-refractivity contribution < 1.29 is 4.79 Å². The maximum atomic E-state index is 12.3. The van der Waals surface area contributed by atoms with Gasteiger partial charge in [-0.1, -0.05) is 12.1 Å². The van der Waals surface area contributed by atoms with Crippen LogP contribution >= 0.6 is 23.1 Å². The number of hydrogen-bond donors (Lipinski definition) is 2. The monoisotopic (exact) mass is 347 g/mol. The smallest absolute Gasteiger partial charge is 0.257 e. The van der Waals surface area contributed by atoms with Crippen molar-refractivity contribution in [3.8, 4) is 0 Å². The van der Waals surface area contributed by atoms with Crippen molar-refractivity contribution in [3.05, 3.63) is 46.5 Å². The molecule has 1 aliphatic heterocycles. The first kappa shape index (κ1) is 16.5. The van der Waals surface area contributed by atoms with E-state index in [2.05, 4.69) is 21.9 Å². The van der Waals surface area contributed by atoms with E-state index in [4.69, 9.17) is 0 Å². The summed E-state index contributed by atoms with van der Waals surface area (Å²) in [4.78, 5) is 18.0. The molecule has 122 valence electrons. The largest absolute Gasteiger partial charge is 0.317 e. The van der Waals surface area contributed by atoms with Gasteiger partial charge in [0.1, 0.15) is 0 Å². The Hall–Kier alpha value is -1.37. The second-order valence-electron chi connectivity index (χ2n) is 5.68. The van der Waals surface area contributed by atoms with Crippen LogP contribution in [0.2, 0.25) is 0 Å². The van der Waals surface area contributed by atoms with E-state index < -0.39 is 0 Å². The van der Waals surface area contributed by atoms with Crippen molar-refractivity contribution in [2.24, 2.45) is 0 Å². The zero-order valence-corrected chi connectivity index (χ0v) is 14.8. The van der Waals surface area contributed by atoms with Crippen molar-refractivity contribution in [1.29, 1.82) is 0 Å². The number of thioether (sulfide) groups is 1. The number of benzene rings is 1. The van der Waals surface area contributed by atoms with Gasteiger partial charge < -0.3 is 5.32 Å². The van der Waals surface area contributed by atoms with Gasteiger partial charge in [-0.05, 0) is 55.8 Å². The van der Waals surface area contributed by atoms with Crippen LogP contribution in [0.15, 0.2) is 30.5 Å². The van der Waals surface area contributed by atoms with Crippen molar-refractivity contribution in [2.45, 2.75) is 24.5 Å². The van der Waals surface area contributed by atoms with Crippen LogP contribution in [-0.2, 0) is 5.75 Å². The number of nitrogens with zero attached hydrogens (tertiary/aromatic N) is 1. The van der Waals surface area contributed by atoms with Gasteiger partial charge in [-0.3, -0.25) is 10.1 Å². The average molecular weight is 348 g/mol. The van der Waals surface area contributed by atoms with Crippen LogP contribution in [0.25, 0.3) is 0 Å². The SMILES string of the molecule is CSCc1ccc(C(=O)Nc2ncc(C3CCNCC3)s2)cc1. The lowest BCUT2D eigenvalue weighted by molar-refractivity contribution is 0.102. The summed E-state index contributed by atoms with van der Waals surface area (Å²) in [5.41, 5.74) is 1.91. The van der Waals surface area contributed by atoms with E-state index in [1.165, 1.54) is 10.4 Å². The molecule has 2 aromatic rings. The number of thiazole rings is 1. The minimum atomic E-state index is -0.0908. The number of carbonyl (C=O) groups excluding carboxylic acids is 1. The van der Waals surface area contributed by atoms with E-state index in [1.54, 1.807) is 23.1 Å². The van der Waals surface area contributed by atoms with Gasteiger partial charge in [0.25, 0.3) is 5.91 Å². The molecule has 1 fully saturated rings. The molecular weight excluding hydrogens is 326 g/mol. The third-order valence-electron chi connectivity index (χ3n) is 4.01. The third kappa shape index (κ3) is 4.34. The van der Waals surface area contributed by atoms with E-state index in [0.29, 0.717) is 16.6 Å². The second-order valence-corrected chi connectivity index (χ2v) is 7.60. The highest BCUT2D eigenvalue weighted by molar-refractivity contribution is 7.97. The van der Waals surface area contributed by atoms with Gasteiger partial charge in [0.2, 0.25) is 0 Å². The predicted octanol–water partition coefficient (Wildman–Crippen LogP) is 3.73. The van der Waals surface area contributed by atoms with Crippen LogP contribution in [0, 0.1) is 0 Å². The maximum Gasteiger partial charge on any atom is 0.257 e. The molecule has 0 radical (unpaired) electrons. The van der Waals surface area contributed by atoms with Crippen LogP contribution in [0.1, 0.15) is 39.6 Å². The van der Waals surface area contributed by atoms with Gasteiger partial charge in [-0.2, -0.15) is 11.8 Å². The molecule has 0 saturated carbocycles. The van der Waals surface area contributed by atoms with E-state index in [-0.39, 0.29) is 5.91 Å². The Kier molecular flexibility index (Phi) is 5.70. The molecule has 1 aromatic heterocycles. The summed E-state index contributed by atoms with van der Waals surface area (Å²) in [6.45, 7) is 2.12. The molecular formula is C17H21N3OS2. The minimum absolute atomic E-state index is 0.0908. The zero-order valence-electron chi connectivity index (χ0n) is 13.2. The van der Waals surface area contributed by atoms with Gasteiger partial charge in [-0.25, -0.2) is 4.98 Å². The molecule has 3 rings (SSSR count). The van der Waals surface area contributed by atoms with E-state index >= 15 is 0 Å². The second kappa shape index (κ2) is 7.95. The Morgan fingerprint density at radius 3 is 2.78 bits per heavy atom. The van der Waals surface area contributed by atoms with Gasteiger partial charge >= 0.3 is 0 Å². The Labute approximate surface area is 145 Å². The standard InChI is InChI=1S/C17H21N3OS2/c1-22-11-12-2-4-14(5-3-12)16(21)20-17-19-10-15(23-17)13-6-8-18-9-7-13/h2-5,10,13,18H,6-9,11H2,1H3,(H,19,20,21). The van der Waals surface area contributed by atoms with Crippen molar-refractivity contribution in [1.82, 2.24) is 10.3 Å². The minimum Gasteiger partial charge on any atom is -0.317 e. The summed E-state index contributed by atoms with van der Waals surface area (Å²) in [5.74, 6) is 1.45. The van der Waals surface area contributed by atoms with Crippen LogP contribution in [0.5, 0.6) is 0 Å². The quantitative estimate of drug-likeness (QED) is 0.865. The lowest BCUT2D eigenvalue weighted by Gasteiger charge is -2.20. The molecule has 2 N–H and O–H groups in total. The number of piperidine rings is 1. The predicted molar refractivity (Wildman–Crippen MR) is 98.6 cm³/mol. The molecule has 1 saturated heterocycles. The normalized spacial score (nSPS) is 15.5.